The molecule has 0 unspecified atom stereocenters. The minimum atomic E-state index is -0.300. The Bertz CT molecular complexity index is 905. The molecular formula is C24H29N3O3S. The van der Waals surface area contributed by atoms with E-state index in [9.17, 15) is 9.59 Å². The highest BCUT2D eigenvalue weighted by Crippen LogP contribution is 2.19. The first kappa shape index (κ1) is 22.7. The number of nitrogens with one attached hydrogen (secondary N) is 2. The van der Waals surface area contributed by atoms with Gasteiger partial charge in [0.15, 0.2) is 5.11 Å². The molecular weight excluding hydrogens is 410 g/mol. The van der Waals surface area contributed by atoms with Crippen molar-refractivity contribution in [1.82, 2.24) is 10.2 Å². The zero-order chi connectivity index (χ0) is 22.2. The summed E-state index contributed by atoms with van der Waals surface area (Å²) >= 11 is 5.25. The first-order chi connectivity index (χ1) is 15.0. The third kappa shape index (κ3) is 6.52. The second kappa shape index (κ2) is 10.9. The average Bonchev–Trinajstić information content (AvgIpc) is 2.78. The summed E-state index contributed by atoms with van der Waals surface area (Å²) in [4.78, 5) is 26.9. The number of rotatable bonds is 6. The van der Waals surface area contributed by atoms with Gasteiger partial charge in [0.2, 0.25) is 0 Å². The van der Waals surface area contributed by atoms with Gasteiger partial charge in [-0.15, -0.1) is 0 Å². The van der Waals surface area contributed by atoms with Crippen LogP contribution in [0.15, 0.2) is 48.5 Å². The largest absolute Gasteiger partial charge is 0.494 e. The molecule has 1 fully saturated rings. The molecule has 164 valence electrons. The number of hydrogen-bond donors (Lipinski definition) is 2. The SMILES string of the molecule is CCCOc1ccc(C(=O)NC(=S)Nc2ccc(C(=O)N3CCC(C)CC3)cc2)cc1. The maximum absolute atomic E-state index is 12.6. The number of piperidine rings is 1. The molecule has 6 nitrogen and oxygen atoms in total. The van der Waals surface area contributed by atoms with E-state index >= 15 is 0 Å². The Labute approximate surface area is 189 Å². The molecule has 2 aromatic carbocycles. The van der Waals surface area contributed by atoms with Crippen molar-refractivity contribution in [2.24, 2.45) is 5.92 Å². The van der Waals surface area contributed by atoms with Gasteiger partial charge < -0.3 is 15.0 Å². The van der Waals surface area contributed by atoms with Crippen LogP contribution in [0.4, 0.5) is 5.69 Å². The lowest BCUT2D eigenvalue weighted by Gasteiger charge is -2.30. The van der Waals surface area contributed by atoms with Crippen molar-refractivity contribution in [2.45, 2.75) is 33.1 Å². The third-order valence-corrected chi connectivity index (χ3v) is 5.48. The van der Waals surface area contributed by atoms with Crippen molar-refractivity contribution in [3.05, 3.63) is 59.7 Å². The highest BCUT2D eigenvalue weighted by Gasteiger charge is 2.21. The molecule has 0 spiro atoms. The van der Waals surface area contributed by atoms with Gasteiger partial charge in [-0.1, -0.05) is 13.8 Å². The normalized spacial score (nSPS) is 14.1. The number of ether oxygens (including phenoxy) is 1. The standard InChI is InChI=1S/C24H29N3O3S/c1-3-16-30-21-10-6-18(7-11-21)22(28)26-24(31)25-20-8-4-19(5-9-20)23(29)27-14-12-17(2)13-15-27/h4-11,17H,3,12-16H2,1-2H3,(H2,25,26,28,31). The number of likely N-dealkylation sites (tertiary alicyclic amines) is 1. The Morgan fingerprint density at radius 1 is 1.03 bits per heavy atom. The number of amides is 2. The van der Waals surface area contributed by atoms with Gasteiger partial charge in [0, 0.05) is 29.9 Å². The van der Waals surface area contributed by atoms with Gasteiger partial charge >= 0.3 is 0 Å². The summed E-state index contributed by atoms with van der Waals surface area (Å²) in [6.07, 6.45) is 3.02. The Kier molecular flexibility index (Phi) is 8.00. The minimum absolute atomic E-state index is 0.0562. The first-order valence-electron chi connectivity index (χ1n) is 10.7. The fourth-order valence-corrected chi connectivity index (χ4v) is 3.56. The smallest absolute Gasteiger partial charge is 0.257 e. The monoisotopic (exact) mass is 439 g/mol. The zero-order valence-electron chi connectivity index (χ0n) is 18.0. The highest BCUT2D eigenvalue weighted by molar-refractivity contribution is 7.80. The maximum atomic E-state index is 12.6. The van der Waals surface area contributed by atoms with Gasteiger partial charge in [-0.3, -0.25) is 14.9 Å². The van der Waals surface area contributed by atoms with Crippen LogP contribution < -0.4 is 15.4 Å². The Morgan fingerprint density at radius 3 is 2.26 bits per heavy atom. The molecule has 1 aliphatic rings. The Morgan fingerprint density at radius 2 is 1.65 bits per heavy atom. The van der Waals surface area contributed by atoms with Crippen LogP contribution in [0.2, 0.25) is 0 Å². The van der Waals surface area contributed by atoms with Crippen LogP contribution in [-0.2, 0) is 0 Å². The molecule has 0 aliphatic carbocycles. The average molecular weight is 440 g/mol. The van der Waals surface area contributed by atoms with E-state index in [0.29, 0.717) is 29.3 Å². The van der Waals surface area contributed by atoms with Crippen molar-refractivity contribution in [3.63, 3.8) is 0 Å². The van der Waals surface area contributed by atoms with Crippen LogP contribution in [0, 0.1) is 5.92 Å². The number of thiocarbonyl (C=S) groups is 1. The van der Waals surface area contributed by atoms with E-state index in [0.717, 1.165) is 38.1 Å². The molecule has 2 amide bonds. The van der Waals surface area contributed by atoms with Gasteiger partial charge in [-0.25, -0.2) is 0 Å². The van der Waals surface area contributed by atoms with Crippen LogP contribution in [0.5, 0.6) is 5.75 Å². The number of carbonyl (C=O) groups is 2. The predicted octanol–water partition coefficient (Wildman–Crippen LogP) is 4.47. The molecule has 0 atom stereocenters. The number of anilines is 1. The fraction of sp³-hybridized carbons (Fsp3) is 0.375. The lowest BCUT2D eigenvalue weighted by Crippen LogP contribution is -2.37. The van der Waals surface area contributed by atoms with E-state index in [4.69, 9.17) is 17.0 Å². The summed E-state index contributed by atoms with van der Waals surface area (Å²) in [6.45, 7) is 6.52. The van der Waals surface area contributed by atoms with Gasteiger partial charge in [-0.05, 0) is 85.9 Å². The summed E-state index contributed by atoms with van der Waals surface area (Å²) < 4.78 is 5.52. The molecule has 2 N–H and O–H groups in total. The summed E-state index contributed by atoms with van der Waals surface area (Å²) in [5, 5.41) is 5.84. The van der Waals surface area contributed by atoms with E-state index in [1.807, 2.05) is 11.8 Å². The molecule has 1 saturated heterocycles. The van der Waals surface area contributed by atoms with Crippen LogP contribution in [0.25, 0.3) is 0 Å². The molecule has 0 aromatic heterocycles. The van der Waals surface area contributed by atoms with E-state index in [1.165, 1.54) is 0 Å². The first-order valence-corrected chi connectivity index (χ1v) is 11.1. The van der Waals surface area contributed by atoms with Gasteiger partial charge in [0.05, 0.1) is 6.61 Å². The van der Waals surface area contributed by atoms with Crippen LogP contribution >= 0.6 is 12.2 Å². The van der Waals surface area contributed by atoms with Crippen molar-refractivity contribution < 1.29 is 14.3 Å². The van der Waals surface area contributed by atoms with Gasteiger partial charge in [0.25, 0.3) is 11.8 Å². The van der Waals surface area contributed by atoms with Crippen molar-refractivity contribution in [1.29, 1.82) is 0 Å². The predicted molar refractivity (Wildman–Crippen MR) is 127 cm³/mol. The van der Waals surface area contributed by atoms with Crippen LogP contribution in [-0.4, -0.2) is 41.5 Å². The molecule has 1 heterocycles. The third-order valence-electron chi connectivity index (χ3n) is 5.28. The number of hydrogen-bond acceptors (Lipinski definition) is 4. The topological polar surface area (TPSA) is 70.7 Å². The highest BCUT2D eigenvalue weighted by atomic mass is 32.1. The van der Waals surface area contributed by atoms with E-state index in [-0.39, 0.29) is 16.9 Å². The van der Waals surface area contributed by atoms with Crippen LogP contribution in [0.3, 0.4) is 0 Å². The van der Waals surface area contributed by atoms with Crippen molar-refractivity contribution in [3.8, 4) is 5.75 Å². The number of carbonyl (C=O) groups excluding carboxylic acids is 2. The van der Waals surface area contributed by atoms with Crippen LogP contribution in [0.1, 0.15) is 53.8 Å². The minimum Gasteiger partial charge on any atom is -0.494 e. The zero-order valence-corrected chi connectivity index (χ0v) is 18.8. The number of nitrogens with zero attached hydrogens (tertiary/aromatic N) is 1. The molecule has 0 bridgehead atoms. The summed E-state index contributed by atoms with van der Waals surface area (Å²) in [5.41, 5.74) is 1.85. The molecule has 3 rings (SSSR count). The molecule has 0 saturated carbocycles. The molecule has 2 aromatic rings. The van der Waals surface area contributed by atoms with Gasteiger partial charge in [0.1, 0.15) is 5.75 Å². The Hall–Kier alpha value is -2.93. The summed E-state index contributed by atoms with van der Waals surface area (Å²) in [7, 11) is 0. The maximum Gasteiger partial charge on any atom is 0.257 e. The van der Waals surface area contributed by atoms with E-state index in [1.54, 1.807) is 48.5 Å². The summed E-state index contributed by atoms with van der Waals surface area (Å²) in [5.74, 6) is 1.17. The molecule has 31 heavy (non-hydrogen) atoms. The molecule has 1 aliphatic heterocycles. The molecule has 0 radical (unpaired) electrons. The quantitative estimate of drug-likeness (QED) is 0.650. The number of benzene rings is 2. The van der Waals surface area contributed by atoms with Gasteiger partial charge in [-0.2, -0.15) is 0 Å². The second-order valence-corrected chi connectivity index (χ2v) is 8.24. The summed E-state index contributed by atoms with van der Waals surface area (Å²) in [6, 6.07) is 14.1. The van der Waals surface area contributed by atoms with E-state index < -0.39 is 0 Å². The molecule has 7 heteroatoms. The second-order valence-electron chi connectivity index (χ2n) is 7.83. The van der Waals surface area contributed by atoms with Crippen molar-refractivity contribution >= 4 is 34.8 Å². The lowest BCUT2D eigenvalue weighted by molar-refractivity contribution is 0.0697. The van der Waals surface area contributed by atoms with Crippen molar-refractivity contribution in [2.75, 3.05) is 25.0 Å². The van der Waals surface area contributed by atoms with E-state index in [2.05, 4.69) is 17.6 Å². The Balaban J connectivity index is 1.51. The fourth-order valence-electron chi connectivity index (χ4n) is 3.35. The lowest BCUT2D eigenvalue weighted by atomic mass is 9.98.